The van der Waals surface area contributed by atoms with E-state index in [-0.39, 0.29) is 24.2 Å². The van der Waals surface area contributed by atoms with Crippen LogP contribution in [0.3, 0.4) is 0 Å². The van der Waals surface area contributed by atoms with Gasteiger partial charge in [0.15, 0.2) is 11.6 Å². The number of carbonyl (C=O) groups is 2. The first kappa shape index (κ1) is 27.2. The predicted molar refractivity (Wildman–Crippen MR) is 128 cm³/mol. The Balaban J connectivity index is 2.38. The molecule has 34 heavy (non-hydrogen) atoms. The molecule has 0 saturated carbocycles. The summed E-state index contributed by atoms with van der Waals surface area (Å²) in [5.74, 6) is -3.35. The number of nitrogens with zero attached hydrogens (tertiary/aromatic N) is 2. The third-order valence-corrected chi connectivity index (χ3v) is 6.31. The molecule has 1 atom stereocenters. The Bertz CT molecular complexity index is 1090. The normalized spacial score (nSPS) is 12.3. The van der Waals surface area contributed by atoms with Crippen molar-refractivity contribution >= 4 is 27.5 Å². The first-order valence-corrected chi connectivity index (χ1v) is 12.8. The number of sulfonamides is 1. The molecule has 10 heteroatoms. The van der Waals surface area contributed by atoms with Crippen molar-refractivity contribution in [2.45, 2.75) is 45.7 Å². The van der Waals surface area contributed by atoms with Gasteiger partial charge in [-0.25, -0.2) is 17.2 Å². The predicted octanol–water partition coefficient (Wildman–Crippen LogP) is 3.11. The van der Waals surface area contributed by atoms with E-state index < -0.39 is 40.2 Å². The van der Waals surface area contributed by atoms with Crippen molar-refractivity contribution < 1.29 is 26.8 Å². The zero-order chi connectivity index (χ0) is 25.5. The maximum atomic E-state index is 13.8. The summed E-state index contributed by atoms with van der Waals surface area (Å²) >= 11 is 0. The Hall–Kier alpha value is -3.01. The lowest BCUT2D eigenvalue weighted by molar-refractivity contribution is -0.139. The summed E-state index contributed by atoms with van der Waals surface area (Å²) in [7, 11) is -4.02. The number of benzene rings is 2. The average molecular weight is 496 g/mol. The third-order valence-electron chi connectivity index (χ3n) is 5.17. The Morgan fingerprint density at radius 2 is 1.68 bits per heavy atom. The molecule has 0 unspecified atom stereocenters. The Kier molecular flexibility index (Phi) is 9.55. The van der Waals surface area contributed by atoms with Crippen LogP contribution in [-0.2, 0) is 26.0 Å². The molecule has 2 aromatic rings. The molecule has 2 amide bonds. The fourth-order valence-electron chi connectivity index (χ4n) is 3.53. The Morgan fingerprint density at radius 3 is 2.21 bits per heavy atom. The van der Waals surface area contributed by atoms with Crippen LogP contribution in [0.2, 0.25) is 0 Å². The minimum atomic E-state index is -4.02. The van der Waals surface area contributed by atoms with E-state index in [4.69, 9.17) is 0 Å². The van der Waals surface area contributed by atoms with Crippen LogP contribution in [0.25, 0.3) is 0 Å². The lowest BCUT2D eigenvalue weighted by atomic mass is 10.1. The van der Waals surface area contributed by atoms with Crippen molar-refractivity contribution in [2.75, 3.05) is 23.7 Å². The van der Waals surface area contributed by atoms with Gasteiger partial charge in [0, 0.05) is 18.7 Å². The van der Waals surface area contributed by atoms with Gasteiger partial charge in [-0.15, -0.1) is 0 Å². The molecular formula is C24H31F2N3O4S. The number of hydrogen-bond donors (Lipinski definition) is 1. The Morgan fingerprint density at radius 1 is 1.03 bits per heavy atom. The zero-order valence-electron chi connectivity index (χ0n) is 19.8. The number of nitrogens with one attached hydrogen (secondary N) is 1. The van der Waals surface area contributed by atoms with Crippen LogP contribution in [0.4, 0.5) is 14.5 Å². The topological polar surface area (TPSA) is 86.8 Å². The molecule has 2 rings (SSSR count). The monoisotopic (exact) mass is 495 g/mol. The molecule has 0 radical (unpaired) electrons. The van der Waals surface area contributed by atoms with Crippen LogP contribution in [0.15, 0.2) is 48.5 Å². The molecule has 2 aromatic carbocycles. The third kappa shape index (κ3) is 7.51. The smallest absolute Gasteiger partial charge is 0.244 e. The number of hydrogen-bond acceptors (Lipinski definition) is 4. The minimum absolute atomic E-state index is 0.151. The summed E-state index contributed by atoms with van der Waals surface area (Å²) in [4.78, 5) is 27.6. The zero-order valence-corrected chi connectivity index (χ0v) is 20.6. The van der Waals surface area contributed by atoms with Crippen LogP contribution >= 0.6 is 0 Å². The summed E-state index contributed by atoms with van der Waals surface area (Å²) < 4.78 is 52.8. The lowest BCUT2D eigenvalue weighted by Gasteiger charge is -2.33. The molecule has 0 aliphatic carbocycles. The molecule has 1 N–H and O–H groups in total. The SMILES string of the molecule is CC[C@H](C(=O)NC(C)C)N(CCc1ccccc1)C(=O)CN(c1ccc(F)c(F)c1)S(C)(=O)=O. The van der Waals surface area contributed by atoms with Crippen LogP contribution in [0, 0.1) is 11.6 Å². The molecule has 0 aliphatic heterocycles. The highest BCUT2D eigenvalue weighted by atomic mass is 32.2. The number of rotatable bonds is 11. The first-order valence-electron chi connectivity index (χ1n) is 11.0. The van der Waals surface area contributed by atoms with Gasteiger partial charge >= 0.3 is 0 Å². The molecule has 0 aromatic heterocycles. The standard InChI is InChI=1S/C24H31F2N3O4S/c1-5-22(24(31)27-17(2)3)28(14-13-18-9-7-6-8-10-18)23(30)16-29(34(4,32)33)19-11-12-20(25)21(26)15-19/h6-12,15,17,22H,5,13-14,16H2,1-4H3,(H,27,31)/t22-/m1/s1. The van der Waals surface area contributed by atoms with E-state index in [1.807, 2.05) is 30.3 Å². The van der Waals surface area contributed by atoms with Crippen molar-refractivity contribution in [2.24, 2.45) is 0 Å². The van der Waals surface area contributed by atoms with Crippen molar-refractivity contribution in [3.63, 3.8) is 0 Å². The largest absolute Gasteiger partial charge is 0.352 e. The summed E-state index contributed by atoms with van der Waals surface area (Å²) in [6.07, 6.45) is 1.63. The van der Waals surface area contributed by atoms with E-state index in [2.05, 4.69) is 5.32 Å². The quantitative estimate of drug-likeness (QED) is 0.519. The molecule has 0 aliphatic rings. The molecule has 7 nitrogen and oxygen atoms in total. The number of amides is 2. The van der Waals surface area contributed by atoms with Crippen LogP contribution in [0.1, 0.15) is 32.8 Å². The van der Waals surface area contributed by atoms with E-state index in [1.54, 1.807) is 20.8 Å². The van der Waals surface area contributed by atoms with Crippen molar-refractivity contribution in [1.82, 2.24) is 10.2 Å². The van der Waals surface area contributed by atoms with Gasteiger partial charge in [-0.05, 0) is 44.4 Å². The van der Waals surface area contributed by atoms with Crippen LogP contribution in [0.5, 0.6) is 0 Å². The highest BCUT2D eigenvalue weighted by molar-refractivity contribution is 7.92. The second-order valence-electron chi connectivity index (χ2n) is 8.28. The summed E-state index contributed by atoms with van der Waals surface area (Å²) in [6.45, 7) is 4.87. The summed E-state index contributed by atoms with van der Waals surface area (Å²) in [6, 6.07) is 11.0. The van der Waals surface area contributed by atoms with Gasteiger partial charge in [-0.1, -0.05) is 37.3 Å². The second kappa shape index (κ2) is 11.9. The van der Waals surface area contributed by atoms with Crippen molar-refractivity contribution in [1.29, 1.82) is 0 Å². The highest BCUT2D eigenvalue weighted by Gasteiger charge is 2.31. The van der Waals surface area contributed by atoms with Gasteiger partial charge in [0.2, 0.25) is 21.8 Å². The average Bonchev–Trinajstić information content (AvgIpc) is 2.76. The fraction of sp³-hybridized carbons (Fsp3) is 0.417. The maximum absolute atomic E-state index is 13.8. The van der Waals surface area contributed by atoms with Crippen LogP contribution in [-0.4, -0.2) is 56.6 Å². The summed E-state index contributed by atoms with van der Waals surface area (Å²) in [5, 5.41) is 2.80. The fourth-order valence-corrected chi connectivity index (χ4v) is 4.37. The van der Waals surface area contributed by atoms with Gasteiger partial charge in [0.1, 0.15) is 12.6 Å². The molecule has 0 fully saturated rings. The Labute approximate surface area is 199 Å². The molecule has 0 saturated heterocycles. The van der Waals surface area contributed by atoms with Gasteiger partial charge in [-0.2, -0.15) is 0 Å². The van der Waals surface area contributed by atoms with E-state index in [0.29, 0.717) is 17.1 Å². The van der Waals surface area contributed by atoms with Gasteiger partial charge < -0.3 is 10.2 Å². The second-order valence-corrected chi connectivity index (χ2v) is 10.2. The molecule has 186 valence electrons. The highest BCUT2D eigenvalue weighted by Crippen LogP contribution is 2.21. The summed E-state index contributed by atoms with van der Waals surface area (Å²) in [5.41, 5.74) is 0.762. The number of carbonyl (C=O) groups excluding carboxylic acids is 2. The van der Waals surface area contributed by atoms with E-state index in [9.17, 15) is 26.8 Å². The lowest BCUT2D eigenvalue weighted by Crippen LogP contribution is -2.54. The molecule has 0 bridgehead atoms. The first-order chi connectivity index (χ1) is 15.9. The molecular weight excluding hydrogens is 464 g/mol. The van der Waals surface area contributed by atoms with Crippen molar-refractivity contribution in [3.05, 3.63) is 65.7 Å². The van der Waals surface area contributed by atoms with Crippen molar-refractivity contribution in [3.8, 4) is 0 Å². The van der Waals surface area contributed by atoms with Gasteiger partial charge in [0.05, 0.1) is 11.9 Å². The molecule has 0 heterocycles. The van der Waals surface area contributed by atoms with E-state index >= 15 is 0 Å². The number of anilines is 1. The van der Waals surface area contributed by atoms with Gasteiger partial charge in [0.25, 0.3) is 0 Å². The molecule has 0 spiro atoms. The van der Waals surface area contributed by atoms with E-state index in [1.165, 1.54) is 4.90 Å². The maximum Gasteiger partial charge on any atom is 0.244 e. The van der Waals surface area contributed by atoms with Gasteiger partial charge in [-0.3, -0.25) is 13.9 Å². The van der Waals surface area contributed by atoms with E-state index in [0.717, 1.165) is 30.0 Å². The van der Waals surface area contributed by atoms with Crippen LogP contribution < -0.4 is 9.62 Å². The minimum Gasteiger partial charge on any atom is -0.352 e. The number of halogens is 2.